The van der Waals surface area contributed by atoms with Crippen LogP contribution >= 0.6 is 24.0 Å². The van der Waals surface area contributed by atoms with Crippen LogP contribution in [0.2, 0.25) is 0 Å². The third-order valence-electron chi connectivity index (χ3n) is 4.14. The van der Waals surface area contributed by atoms with E-state index in [-0.39, 0.29) is 43.1 Å². The van der Waals surface area contributed by atoms with Crippen molar-refractivity contribution in [2.24, 2.45) is 4.99 Å². The number of benzene rings is 2. The van der Waals surface area contributed by atoms with Gasteiger partial charge in [0.1, 0.15) is 5.82 Å². The summed E-state index contributed by atoms with van der Waals surface area (Å²) in [6.45, 7) is 1.13. The molecule has 2 N–H and O–H groups in total. The molecule has 0 aliphatic carbocycles. The Balaban J connectivity index is 0.00000261. The van der Waals surface area contributed by atoms with E-state index in [2.05, 4.69) is 10.3 Å². The molecule has 0 radical (unpaired) electrons. The SMILES string of the molecule is CN=C(NCC(O)c1ccc(F)cc1)N(C)Cc1ccc2c(c1)OCO2.I. The maximum Gasteiger partial charge on any atom is 0.231 e. The van der Waals surface area contributed by atoms with Crippen LogP contribution in [0.4, 0.5) is 4.39 Å². The van der Waals surface area contributed by atoms with E-state index in [4.69, 9.17) is 9.47 Å². The fourth-order valence-electron chi connectivity index (χ4n) is 2.76. The summed E-state index contributed by atoms with van der Waals surface area (Å²) in [4.78, 5) is 6.18. The molecule has 0 saturated carbocycles. The lowest BCUT2D eigenvalue weighted by atomic mass is 10.1. The molecular formula is C19H23FIN3O3. The van der Waals surface area contributed by atoms with Crippen molar-refractivity contribution in [2.45, 2.75) is 12.6 Å². The van der Waals surface area contributed by atoms with Crippen molar-refractivity contribution in [2.75, 3.05) is 27.4 Å². The summed E-state index contributed by atoms with van der Waals surface area (Å²) in [6.07, 6.45) is -0.758. The molecule has 6 nitrogen and oxygen atoms in total. The van der Waals surface area contributed by atoms with Gasteiger partial charge in [0.15, 0.2) is 17.5 Å². The van der Waals surface area contributed by atoms with Crippen LogP contribution in [-0.2, 0) is 6.54 Å². The lowest BCUT2D eigenvalue weighted by Gasteiger charge is -2.23. The number of rotatable bonds is 5. The third-order valence-corrected chi connectivity index (χ3v) is 4.14. The van der Waals surface area contributed by atoms with Crippen molar-refractivity contribution in [3.05, 3.63) is 59.4 Å². The Kier molecular flexibility index (Phi) is 7.66. The lowest BCUT2D eigenvalue weighted by Crippen LogP contribution is -2.40. The molecule has 0 bridgehead atoms. The number of nitrogens with zero attached hydrogens (tertiary/aromatic N) is 2. The predicted molar refractivity (Wildman–Crippen MR) is 112 cm³/mol. The Labute approximate surface area is 175 Å². The molecule has 8 heteroatoms. The average molecular weight is 487 g/mol. The van der Waals surface area contributed by atoms with Gasteiger partial charge in [0.05, 0.1) is 6.10 Å². The lowest BCUT2D eigenvalue weighted by molar-refractivity contribution is 0.174. The van der Waals surface area contributed by atoms with Gasteiger partial charge < -0.3 is 24.8 Å². The molecule has 0 spiro atoms. The molecule has 2 aromatic carbocycles. The normalized spacial score (nSPS) is 13.7. The van der Waals surface area contributed by atoms with Crippen molar-refractivity contribution < 1.29 is 19.0 Å². The molecule has 27 heavy (non-hydrogen) atoms. The molecule has 2 aromatic rings. The molecule has 1 atom stereocenters. The summed E-state index contributed by atoms with van der Waals surface area (Å²) in [6, 6.07) is 11.6. The summed E-state index contributed by atoms with van der Waals surface area (Å²) in [5, 5.41) is 13.4. The van der Waals surface area contributed by atoms with Gasteiger partial charge in [0.2, 0.25) is 6.79 Å². The number of fused-ring (bicyclic) bond motifs is 1. The molecule has 1 heterocycles. The van der Waals surface area contributed by atoms with Gasteiger partial charge in [0, 0.05) is 27.2 Å². The Morgan fingerprint density at radius 1 is 1.22 bits per heavy atom. The fraction of sp³-hybridized carbons (Fsp3) is 0.316. The largest absolute Gasteiger partial charge is 0.454 e. The number of guanidine groups is 1. The minimum absolute atomic E-state index is 0. The van der Waals surface area contributed by atoms with Gasteiger partial charge in [0.25, 0.3) is 0 Å². The van der Waals surface area contributed by atoms with E-state index in [0.717, 1.165) is 17.1 Å². The van der Waals surface area contributed by atoms with Crippen molar-refractivity contribution >= 4 is 29.9 Å². The molecule has 0 fully saturated rings. The highest BCUT2D eigenvalue weighted by Gasteiger charge is 2.15. The first-order valence-electron chi connectivity index (χ1n) is 8.30. The zero-order valence-electron chi connectivity index (χ0n) is 15.2. The molecule has 1 unspecified atom stereocenters. The minimum Gasteiger partial charge on any atom is -0.454 e. The van der Waals surface area contributed by atoms with Crippen LogP contribution in [0.15, 0.2) is 47.5 Å². The zero-order chi connectivity index (χ0) is 18.5. The number of halogens is 2. The highest BCUT2D eigenvalue weighted by Crippen LogP contribution is 2.32. The van der Waals surface area contributed by atoms with Crippen molar-refractivity contribution in [1.29, 1.82) is 0 Å². The summed E-state index contributed by atoms with van der Waals surface area (Å²) >= 11 is 0. The standard InChI is InChI=1S/C19H22FN3O3.HI/c1-21-19(22-10-16(24)14-4-6-15(20)7-5-14)23(2)11-13-3-8-17-18(9-13)26-12-25-17;/h3-9,16,24H,10-12H2,1-2H3,(H,21,22);1H. The number of aliphatic imine (C=N–C) groups is 1. The van der Waals surface area contributed by atoms with Gasteiger partial charge in [-0.2, -0.15) is 0 Å². The number of hydrogen-bond donors (Lipinski definition) is 2. The van der Waals surface area contributed by atoms with Gasteiger partial charge in [-0.25, -0.2) is 4.39 Å². The van der Waals surface area contributed by atoms with E-state index < -0.39 is 6.10 Å². The maximum absolute atomic E-state index is 13.0. The van der Waals surface area contributed by atoms with Crippen molar-refractivity contribution in [1.82, 2.24) is 10.2 Å². The summed E-state index contributed by atoms with van der Waals surface area (Å²) in [7, 11) is 3.59. The predicted octanol–water partition coefficient (Wildman–Crippen LogP) is 2.91. The number of aliphatic hydroxyl groups excluding tert-OH is 1. The average Bonchev–Trinajstić information content (AvgIpc) is 3.10. The third kappa shape index (κ3) is 5.46. The van der Waals surface area contributed by atoms with E-state index in [1.807, 2.05) is 30.1 Å². The molecule has 146 valence electrons. The van der Waals surface area contributed by atoms with E-state index in [9.17, 15) is 9.50 Å². The molecule has 1 aliphatic heterocycles. The monoisotopic (exact) mass is 487 g/mol. The Morgan fingerprint density at radius 2 is 1.93 bits per heavy atom. The Bertz CT molecular complexity index is 786. The van der Waals surface area contributed by atoms with Crippen LogP contribution in [0.5, 0.6) is 11.5 Å². The fourth-order valence-corrected chi connectivity index (χ4v) is 2.76. The summed E-state index contributed by atoms with van der Waals surface area (Å²) in [5.41, 5.74) is 1.70. The van der Waals surface area contributed by atoms with Crippen LogP contribution in [0.3, 0.4) is 0 Å². The van der Waals surface area contributed by atoms with Crippen molar-refractivity contribution in [3.63, 3.8) is 0 Å². The highest BCUT2D eigenvalue weighted by molar-refractivity contribution is 14.0. The smallest absolute Gasteiger partial charge is 0.231 e. The van der Waals surface area contributed by atoms with Crippen LogP contribution < -0.4 is 14.8 Å². The van der Waals surface area contributed by atoms with Gasteiger partial charge in [-0.05, 0) is 35.4 Å². The molecule has 1 aliphatic rings. The van der Waals surface area contributed by atoms with E-state index >= 15 is 0 Å². The second-order valence-electron chi connectivity index (χ2n) is 6.04. The Hall–Kier alpha value is -2.07. The molecule has 0 saturated heterocycles. The first-order valence-corrected chi connectivity index (χ1v) is 8.30. The molecule has 0 amide bonds. The van der Waals surface area contributed by atoms with Crippen LogP contribution in [-0.4, -0.2) is 43.4 Å². The van der Waals surface area contributed by atoms with Crippen molar-refractivity contribution in [3.8, 4) is 11.5 Å². The second kappa shape index (κ2) is 9.75. The van der Waals surface area contributed by atoms with E-state index in [1.54, 1.807) is 19.2 Å². The first kappa shape index (κ1) is 21.2. The van der Waals surface area contributed by atoms with Crippen LogP contribution in [0.25, 0.3) is 0 Å². The quantitative estimate of drug-likeness (QED) is 0.386. The van der Waals surface area contributed by atoms with Gasteiger partial charge >= 0.3 is 0 Å². The highest BCUT2D eigenvalue weighted by atomic mass is 127. The van der Waals surface area contributed by atoms with Crippen LogP contribution in [0.1, 0.15) is 17.2 Å². The number of nitrogens with one attached hydrogen (secondary N) is 1. The second-order valence-corrected chi connectivity index (χ2v) is 6.04. The summed E-state index contributed by atoms with van der Waals surface area (Å²) < 4.78 is 23.7. The Morgan fingerprint density at radius 3 is 2.63 bits per heavy atom. The zero-order valence-corrected chi connectivity index (χ0v) is 17.5. The number of hydrogen-bond acceptors (Lipinski definition) is 4. The van der Waals surface area contributed by atoms with Gasteiger partial charge in [-0.3, -0.25) is 4.99 Å². The molecular weight excluding hydrogens is 464 g/mol. The van der Waals surface area contributed by atoms with Crippen LogP contribution in [0, 0.1) is 5.82 Å². The van der Waals surface area contributed by atoms with Gasteiger partial charge in [-0.15, -0.1) is 24.0 Å². The van der Waals surface area contributed by atoms with E-state index in [1.165, 1.54) is 12.1 Å². The first-order chi connectivity index (χ1) is 12.6. The van der Waals surface area contributed by atoms with E-state index in [0.29, 0.717) is 18.1 Å². The number of aliphatic hydroxyl groups is 1. The summed E-state index contributed by atoms with van der Waals surface area (Å²) in [5.74, 6) is 1.81. The topological polar surface area (TPSA) is 66.3 Å². The maximum atomic E-state index is 13.0. The number of ether oxygens (including phenoxy) is 2. The minimum atomic E-state index is -0.758. The molecule has 0 aromatic heterocycles. The van der Waals surface area contributed by atoms with Gasteiger partial charge in [-0.1, -0.05) is 18.2 Å². The molecule has 3 rings (SSSR count).